The fourth-order valence-electron chi connectivity index (χ4n) is 1.39. The fourth-order valence-corrected chi connectivity index (χ4v) is 1.39. The fraction of sp³-hybridized carbons (Fsp3) is 0.417. The molecule has 8 heteroatoms. The lowest BCUT2D eigenvalue weighted by Crippen LogP contribution is -2.20. The number of ether oxygens (including phenoxy) is 2. The van der Waals surface area contributed by atoms with Crippen molar-refractivity contribution in [3.05, 3.63) is 18.2 Å². The van der Waals surface area contributed by atoms with E-state index in [9.17, 15) is 18.0 Å². The van der Waals surface area contributed by atoms with Gasteiger partial charge in [-0.05, 0) is 18.2 Å². The molecule has 0 saturated heterocycles. The Morgan fingerprint density at radius 2 is 2.10 bits per heavy atom. The predicted molar refractivity (Wildman–Crippen MR) is 67.5 cm³/mol. The van der Waals surface area contributed by atoms with Crippen LogP contribution in [0.3, 0.4) is 0 Å². The lowest BCUT2D eigenvalue weighted by atomic mass is 10.2. The van der Waals surface area contributed by atoms with Gasteiger partial charge in [0, 0.05) is 5.69 Å². The molecule has 0 atom stereocenters. The summed E-state index contributed by atoms with van der Waals surface area (Å²) in [7, 11) is 1.42. The number of amides is 1. The van der Waals surface area contributed by atoms with Crippen molar-refractivity contribution in [3.8, 4) is 5.75 Å². The van der Waals surface area contributed by atoms with E-state index in [4.69, 9.17) is 10.5 Å². The van der Waals surface area contributed by atoms with Gasteiger partial charge in [0.1, 0.15) is 12.4 Å². The number of alkyl halides is 3. The smallest absolute Gasteiger partial charge is 0.411 e. The summed E-state index contributed by atoms with van der Waals surface area (Å²) in [6.07, 6.45) is -4.60. The number of halogens is 3. The molecule has 0 unspecified atom stereocenters. The van der Waals surface area contributed by atoms with E-state index < -0.39 is 18.7 Å². The molecule has 1 aromatic rings. The summed E-state index contributed by atoms with van der Waals surface area (Å²) in [5.74, 6) is -0.0835. The van der Waals surface area contributed by atoms with Gasteiger partial charge in [0.25, 0.3) is 0 Å². The van der Waals surface area contributed by atoms with Crippen LogP contribution >= 0.6 is 0 Å². The number of hydrogen-bond donors (Lipinski definition) is 2. The van der Waals surface area contributed by atoms with Crippen LogP contribution in [0, 0.1) is 0 Å². The van der Waals surface area contributed by atoms with Crippen molar-refractivity contribution in [2.75, 3.05) is 31.4 Å². The molecule has 0 heterocycles. The Morgan fingerprint density at radius 3 is 2.70 bits per heavy atom. The lowest BCUT2D eigenvalue weighted by molar-refractivity contribution is -0.174. The Bertz CT molecular complexity index is 464. The van der Waals surface area contributed by atoms with Crippen LogP contribution in [0.5, 0.6) is 5.75 Å². The van der Waals surface area contributed by atoms with Crippen LogP contribution in [0.15, 0.2) is 18.2 Å². The van der Waals surface area contributed by atoms with Gasteiger partial charge in [-0.2, -0.15) is 13.2 Å². The largest absolute Gasteiger partial charge is 0.495 e. The molecule has 0 bridgehead atoms. The summed E-state index contributed by atoms with van der Waals surface area (Å²) in [5.41, 5.74) is 6.35. The SMILES string of the molecule is COc1ccc(N)cc1NC(=O)CCOCC(F)(F)F. The van der Waals surface area contributed by atoms with Gasteiger partial charge in [0.15, 0.2) is 0 Å². The minimum absolute atomic E-state index is 0.200. The van der Waals surface area contributed by atoms with Crippen molar-refractivity contribution in [2.24, 2.45) is 0 Å². The van der Waals surface area contributed by atoms with Gasteiger partial charge in [-0.15, -0.1) is 0 Å². The third kappa shape index (κ3) is 5.79. The molecular weight excluding hydrogens is 277 g/mol. The standard InChI is InChI=1S/C12H15F3N2O3/c1-19-10-3-2-8(16)6-9(10)17-11(18)4-5-20-7-12(13,14)15/h2-3,6H,4-5,7,16H2,1H3,(H,17,18). The molecule has 1 amide bonds. The Kier molecular flexibility index (Phi) is 5.63. The van der Waals surface area contributed by atoms with E-state index in [1.165, 1.54) is 13.2 Å². The van der Waals surface area contributed by atoms with Crippen LogP contribution in [0.1, 0.15) is 6.42 Å². The van der Waals surface area contributed by atoms with Gasteiger partial charge in [0.05, 0.1) is 25.8 Å². The van der Waals surface area contributed by atoms with Crippen LogP contribution < -0.4 is 15.8 Å². The highest BCUT2D eigenvalue weighted by molar-refractivity contribution is 5.92. The third-order valence-corrected chi connectivity index (χ3v) is 2.24. The number of hydrogen-bond acceptors (Lipinski definition) is 4. The summed E-state index contributed by atoms with van der Waals surface area (Å²) in [6, 6.07) is 4.67. The molecule has 0 aliphatic carbocycles. The number of rotatable bonds is 6. The molecule has 3 N–H and O–H groups in total. The number of nitrogen functional groups attached to an aromatic ring is 1. The minimum Gasteiger partial charge on any atom is -0.495 e. The van der Waals surface area contributed by atoms with Crippen molar-refractivity contribution >= 4 is 17.3 Å². The van der Waals surface area contributed by atoms with E-state index in [1.807, 2.05) is 0 Å². The van der Waals surface area contributed by atoms with Gasteiger partial charge in [-0.3, -0.25) is 4.79 Å². The molecule has 0 aromatic heterocycles. The van der Waals surface area contributed by atoms with Crippen molar-refractivity contribution in [1.29, 1.82) is 0 Å². The molecule has 0 aliphatic heterocycles. The average molecular weight is 292 g/mol. The first-order valence-corrected chi connectivity index (χ1v) is 5.69. The molecule has 0 radical (unpaired) electrons. The highest BCUT2D eigenvalue weighted by atomic mass is 19.4. The molecule has 1 rings (SSSR count). The Morgan fingerprint density at radius 1 is 1.40 bits per heavy atom. The highest BCUT2D eigenvalue weighted by Gasteiger charge is 2.27. The van der Waals surface area contributed by atoms with Crippen LogP contribution in [-0.4, -0.2) is 32.4 Å². The Balaban J connectivity index is 2.44. The summed E-state index contributed by atoms with van der Waals surface area (Å²) in [4.78, 5) is 11.5. The zero-order valence-corrected chi connectivity index (χ0v) is 10.8. The lowest BCUT2D eigenvalue weighted by Gasteiger charge is -2.11. The molecule has 20 heavy (non-hydrogen) atoms. The van der Waals surface area contributed by atoms with Gasteiger partial charge in [-0.1, -0.05) is 0 Å². The Labute approximate surface area is 113 Å². The molecular formula is C12H15F3N2O3. The summed E-state index contributed by atoms with van der Waals surface area (Å²) in [6.45, 7) is -1.70. The van der Waals surface area contributed by atoms with Crippen LogP contribution in [0.25, 0.3) is 0 Å². The zero-order chi connectivity index (χ0) is 15.2. The average Bonchev–Trinajstić information content (AvgIpc) is 2.34. The zero-order valence-electron chi connectivity index (χ0n) is 10.8. The van der Waals surface area contributed by atoms with Crippen molar-refractivity contribution in [3.63, 3.8) is 0 Å². The molecule has 0 aliphatic rings. The van der Waals surface area contributed by atoms with Crippen molar-refractivity contribution < 1.29 is 27.4 Å². The minimum atomic E-state index is -4.40. The number of nitrogens with two attached hydrogens (primary N) is 1. The molecule has 0 spiro atoms. The van der Waals surface area contributed by atoms with E-state index in [-0.39, 0.29) is 13.0 Å². The van der Waals surface area contributed by atoms with Gasteiger partial charge >= 0.3 is 6.18 Å². The third-order valence-electron chi connectivity index (χ3n) is 2.24. The van der Waals surface area contributed by atoms with E-state index in [2.05, 4.69) is 10.1 Å². The number of nitrogens with one attached hydrogen (secondary N) is 1. The molecule has 0 fully saturated rings. The topological polar surface area (TPSA) is 73.6 Å². The first-order valence-electron chi connectivity index (χ1n) is 5.69. The van der Waals surface area contributed by atoms with Gasteiger partial charge < -0.3 is 20.5 Å². The Hall–Kier alpha value is -1.96. The number of anilines is 2. The van der Waals surface area contributed by atoms with E-state index >= 15 is 0 Å². The number of benzene rings is 1. The van der Waals surface area contributed by atoms with E-state index in [0.717, 1.165) is 0 Å². The molecule has 5 nitrogen and oxygen atoms in total. The normalized spacial score (nSPS) is 11.2. The van der Waals surface area contributed by atoms with Gasteiger partial charge in [-0.25, -0.2) is 0 Å². The summed E-state index contributed by atoms with van der Waals surface area (Å²) < 4.78 is 44.8. The van der Waals surface area contributed by atoms with Crippen LogP contribution in [-0.2, 0) is 9.53 Å². The maximum Gasteiger partial charge on any atom is 0.411 e. The number of methoxy groups -OCH3 is 1. The van der Waals surface area contributed by atoms with Crippen molar-refractivity contribution in [1.82, 2.24) is 0 Å². The molecule has 0 saturated carbocycles. The van der Waals surface area contributed by atoms with Gasteiger partial charge in [0.2, 0.25) is 5.91 Å². The first-order chi connectivity index (χ1) is 9.31. The molecule has 1 aromatic carbocycles. The quantitative estimate of drug-likeness (QED) is 0.622. The van der Waals surface area contributed by atoms with E-state index in [1.54, 1.807) is 12.1 Å². The number of carbonyl (C=O) groups excluding carboxylic acids is 1. The maximum atomic E-state index is 11.8. The predicted octanol–water partition coefficient (Wildman–Crippen LogP) is 2.18. The van der Waals surface area contributed by atoms with E-state index in [0.29, 0.717) is 17.1 Å². The monoisotopic (exact) mass is 292 g/mol. The summed E-state index contributed by atoms with van der Waals surface area (Å²) >= 11 is 0. The second-order valence-electron chi connectivity index (χ2n) is 3.93. The van der Waals surface area contributed by atoms with Crippen LogP contribution in [0.4, 0.5) is 24.5 Å². The second kappa shape index (κ2) is 6.99. The summed E-state index contributed by atoms with van der Waals surface area (Å²) in [5, 5.41) is 2.49. The maximum absolute atomic E-state index is 11.8. The highest BCUT2D eigenvalue weighted by Crippen LogP contribution is 2.26. The van der Waals surface area contributed by atoms with Crippen LogP contribution in [0.2, 0.25) is 0 Å². The molecule has 112 valence electrons. The van der Waals surface area contributed by atoms with Crippen molar-refractivity contribution in [2.45, 2.75) is 12.6 Å². The number of carbonyl (C=O) groups is 1. The second-order valence-corrected chi connectivity index (χ2v) is 3.93. The first kappa shape index (κ1) is 16.1.